The Bertz CT molecular complexity index is 698. The van der Waals surface area contributed by atoms with Crippen molar-refractivity contribution >= 4 is 17.3 Å². The van der Waals surface area contributed by atoms with Gasteiger partial charge in [0.2, 0.25) is 5.75 Å². The second kappa shape index (κ2) is 6.14. The minimum Gasteiger partial charge on any atom is -0.450 e. The molecule has 2 aromatic carbocycles. The van der Waals surface area contributed by atoms with E-state index in [1.54, 1.807) is 13.0 Å². The molecule has 0 amide bonds. The minimum absolute atomic E-state index is 0.0201. The number of nitrogens with zero attached hydrogens (tertiary/aromatic N) is 1. The zero-order valence-corrected chi connectivity index (χ0v) is 12.9. The first-order valence-electron chi connectivity index (χ1n) is 6.51. The van der Waals surface area contributed by atoms with Gasteiger partial charge in [0.05, 0.1) is 4.92 Å². The Morgan fingerprint density at radius 2 is 1.86 bits per heavy atom. The van der Waals surface area contributed by atoms with E-state index in [1.807, 2.05) is 32.0 Å². The van der Waals surface area contributed by atoms with Crippen molar-refractivity contribution in [3.63, 3.8) is 0 Å². The van der Waals surface area contributed by atoms with Crippen molar-refractivity contribution in [1.29, 1.82) is 0 Å². The van der Waals surface area contributed by atoms with Gasteiger partial charge in [-0.2, -0.15) is 0 Å². The van der Waals surface area contributed by atoms with Gasteiger partial charge < -0.3 is 4.74 Å². The van der Waals surface area contributed by atoms with Crippen LogP contribution in [0.2, 0.25) is 0 Å². The quantitative estimate of drug-likeness (QED) is 0.451. The molecule has 110 valence electrons. The van der Waals surface area contributed by atoms with E-state index in [1.165, 1.54) is 6.07 Å². The van der Waals surface area contributed by atoms with Gasteiger partial charge in [0.1, 0.15) is 5.75 Å². The summed E-state index contributed by atoms with van der Waals surface area (Å²) in [6, 6.07) is 8.94. The third kappa shape index (κ3) is 3.34. The third-order valence-corrected chi connectivity index (χ3v) is 3.51. The fourth-order valence-electron chi connectivity index (χ4n) is 2.22. The van der Waals surface area contributed by atoms with Crippen molar-refractivity contribution in [2.75, 3.05) is 0 Å². The van der Waals surface area contributed by atoms with Crippen molar-refractivity contribution in [2.24, 2.45) is 0 Å². The molecule has 0 aliphatic rings. The van der Waals surface area contributed by atoms with Crippen molar-refractivity contribution in [3.8, 4) is 11.5 Å². The van der Waals surface area contributed by atoms with Crippen molar-refractivity contribution in [2.45, 2.75) is 26.7 Å². The van der Waals surface area contributed by atoms with Crippen LogP contribution in [-0.4, -0.2) is 4.92 Å². The van der Waals surface area contributed by atoms with Crippen LogP contribution in [0.25, 0.3) is 0 Å². The summed E-state index contributed by atoms with van der Waals surface area (Å²) < 4.78 is 5.80. The van der Waals surface area contributed by atoms with Gasteiger partial charge in [-0.05, 0) is 49.1 Å². The SMILES string of the molecule is Cc1cc(C)c(Oc2ccc(CCl)cc2C)c([N+](=O)[O-])c1. The van der Waals surface area contributed by atoms with Crippen molar-refractivity contribution < 1.29 is 9.66 Å². The lowest BCUT2D eigenvalue weighted by Gasteiger charge is -2.12. The van der Waals surface area contributed by atoms with Crippen molar-refractivity contribution in [3.05, 3.63) is 62.7 Å². The lowest BCUT2D eigenvalue weighted by Crippen LogP contribution is -1.98. The smallest absolute Gasteiger partial charge is 0.312 e. The van der Waals surface area contributed by atoms with Crippen molar-refractivity contribution in [1.82, 2.24) is 0 Å². The molecular weight excluding hydrogens is 290 g/mol. The third-order valence-electron chi connectivity index (χ3n) is 3.20. The summed E-state index contributed by atoms with van der Waals surface area (Å²) in [6.45, 7) is 5.52. The molecule has 0 unspecified atom stereocenters. The monoisotopic (exact) mass is 305 g/mol. The molecule has 0 saturated carbocycles. The van der Waals surface area contributed by atoms with E-state index in [0.29, 0.717) is 11.6 Å². The molecule has 0 N–H and O–H groups in total. The number of rotatable bonds is 4. The van der Waals surface area contributed by atoms with Crippen LogP contribution in [0, 0.1) is 30.9 Å². The molecule has 0 heterocycles. The van der Waals surface area contributed by atoms with Gasteiger partial charge in [-0.25, -0.2) is 0 Å². The standard InChI is InChI=1S/C16H16ClNO3/c1-10-6-12(3)16(14(7-10)18(19)20)21-15-5-4-13(9-17)8-11(15)2/h4-8H,9H2,1-3H3. The van der Waals surface area contributed by atoms with Gasteiger partial charge in [-0.15, -0.1) is 11.6 Å². The lowest BCUT2D eigenvalue weighted by molar-refractivity contribution is -0.385. The average molecular weight is 306 g/mol. The maximum atomic E-state index is 11.2. The number of benzene rings is 2. The Morgan fingerprint density at radius 1 is 1.14 bits per heavy atom. The Hall–Kier alpha value is -2.07. The molecule has 0 radical (unpaired) electrons. The van der Waals surface area contributed by atoms with Gasteiger partial charge in [-0.1, -0.05) is 18.2 Å². The molecule has 0 spiro atoms. The summed E-state index contributed by atoms with van der Waals surface area (Å²) in [5, 5.41) is 11.2. The van der Waals surface area contributed by atoms with Crippen LogP contribution in [0.1, 0.15) is 22.3 Å². The van der Waals surface area contributed by atoms with Gasteiger partial charge in [0.15, 0.2) is 0 Å². The summed E-state index contributed by atoms with van der Waals surface area (Å²) in [5.74, 6) is 1.30. The van der Waals surface area contributed by atoms with Crippen LogP contribution in [-0.2, 0) is 5.88 Å². The number of hydrogen-bond donors (Lipinski definition) is 0. The molecule has 21 heavy (non-hydrogen) atoms. The molecule has 0 aliphatic carbocycles. The van der Waals surface area contributed by atoms with E-state index in [4.69, 9.17) is 16.3 Å². The predicted molar refractivity (Wildman–Crippen MR) is 83.4 cm³/mol. The number of aryl methyl sites for hydroxylation is 3. The van der Waals surface area contributed by atoms with Crippen LogP contribution in [0.15, 0.2) is 30.3 Å². The highest BCUT2D eigenvalue weighted by Gasteiger charge is 2.19. The van der Waals surface area contributed by atoms with E-state index >= 15 is 0 Å². The molecule has 0 fully saturated rings. The number of hydrogen-bond acceptors (Lipinski definition) is 3. The van der Waals surface area contributed by atoms with E-state index in [9.17, 15) is 10.1 Å². The minimum atomic E-state index is -0.419. The molecule has 4 nitrogen and oxygen atoms in total. The molecule has 2 rings (SSSR count). The van der Waals surface area contributed by atoms with E-state index in [0.717, 1.165) is 22.3 Å². The number of halogens is 1. The number of nitro benzene ring substituents is 1. The topological polar surface area (TPSA) is 52.4 Å². The number of ether oxygens (including phenoxy) is 1. The van der Waals surface area contributed by atoms with Crippen LogP contribution in [0.4, 0.5) is 5.69 Å². The van der Waals surface area contributed by atoms with Gasteiger partial charge in [-0.3, -0.25) is 10.1 Å². The second-order valence-corrected chi connectivity index (χ2v) is 5.29. The maximum Gasteiger partial charge on any atom is 0.312 e. The van der Waals surface area contributed by atoms with Crippen LogP contribution in [0.5, 0.6) is 11.5 Å². The molecule has 0 bridgehead atoms. The first-order valence-corrected chi connectivity index (χ1v) is 7.05. The van der Waals surface area contributed by atoms with E-state index < -0.39 is 4.92 Å². The highest BCUT2D eigenvalue weighted by atomic mass is 35.5. The molecular formula is C16H16ClNO3. The normalized spacial score (nSPS) is 10.5. The summed E-state index contributed by atoms with van der Waals surface area (Å²) in [5.41, 5.74) is 3.43. The Morgan fingerprint density at radius 3 is 2.43 bits per heavy atom. The van der Waals surface area contributed by atoms with Gasteiger partial charge >= 0.3 is 5.69 Å². The predicted octanol–water partition coefficient (Wildman–Crippen LogP) is 5.05. The first kappa shape index (κ1) is 15.3. The molecule has 2 aromatic rings. The molecule has 0 atom stereocenters. The van der Waals surface area contributed by atoms with Crippen LogP contribution < -0.4 is 4.74 Å². The molecule has 5 heteroatoms. The Kier molecular flexibility index (Phi) is 4.48. The van der Waals surface area contributed by atoms with E-state index in [-0.39, 0.29) is 11.4 Å². The second-order valence-electron chi connectivity index (χ2n) is 5.02. The Labute approximate surface area is 128 Å². The average Bonchev–Trinajstić information content (AvgIpc) is 2.42. The summed E-state index contributed by atoms with van der Waals surface area (Å²) >= 11 is 5.79. The number of nitro groups is 1. The highest BCUT2D eigenvalue weighted by molar-refractivity contribution is 6.17. The summed E-state index contributed by atoms with van der Waals surface area (Å²) in [4.78, 5) is 10.8. The summed E-state index contributed by atoms with van der Waals surface area (Å²) in [7, 11) is 0. The fourth-order valence-corrected chi connectivity index (χ4v) is 2.39. The maximum absolute atomic E-state index is 11.2. The first-order chi connectivity index (χ1) is 9.92. The van der Waals surface area contributed by atoms with E-state index in [2.05, 4.69) is 0 Å². The molecule has 0 aromatic heterocycles. The van der Waals surface area contributed by atoms with Gasteiger partial charge in [0, 0.05) is 11.9 Å². The van der Waals surface area contributed by atoms with Crippen LogP contribution in [0.3, 0.4) is 0 Å². The summed E-state index contributed by atoms with van der Waals surface area (Å²) in [6.07, 6.45) is 0. The van der Waals surface area contributed by atoms with Crippen LogP contribution >= 0.6 is 11.6 Å². The zero-order chi connectivity index (χ0) is 15.6. The van der Waals surface area contributed by atoms with Gasteiger partial charge in [0.25, 0.3) is 0 Å². The Balaban J connectivity index is 2.46. The zero-order valence-electron chi connectivity index (χ0n) is 12.1. The molecule has 0 aliphatic heterocycles. The number of alkyl halides is 1. The molecule has 0 saturated heterocycles. The highest BCUT2D eigenvalue weighted by Crippen LogP contribution is 2.36. The lowest BCUT2D eigenvalue weighted by atomic mass is 10.1. The largest absolute Gasteiger partial charge is 0.450 e. The fraction of sp³-hybridized carbons (Fsp3) is 0.250.